The molecule has 0 saturated heterocycles. The van der Waals surface area contributed by atoms with Crippen LogP contribution < -0.4 is 0 Å². The summed E-state index contributed by atoms with van der Waals surface area (Å²) in [6.45, 7) is 0.563. The minimum absolute atomic E-state index is 0.151. The largest absolute Gasteiger partial charge is 0.388 e. The molecule has 1 N–H and O–H groups in total. The first kappa shape index (κ1) is 19.3. The molecule has 162 valence electrons. The first-order valence-corrected chi connectivity index (χ1v) is 11.2. The Morgan fingerprint density at radius 3 is 2.94 bits per heavy atom. The van der Waals surface area contributed by atoms with Gasteiger partial charge in [-0.15, -0.1) is 0 Å². The lowest BCUT2D eigenvalue weighted by molar-refractivity contribution is -0.0285. The Bertz CT molecular complexity index is 1400. The number of hydrogen-bond acceptors (Lipinski definition) is 4. The number of benzene rings is 2. The average molecular weight is 427 g/mol. The van der Waals surface area contributed by atoms with Crippen molar-refractivity contribution in [2.45, 2.75) is 43.9 Å². The number of fused-ring (bicyclic) bond motifs is 2. The highest BCUT2D eigenvalue weighted by molar-refractivity contribution is 5.95. The Labute approximate surface area is 185 Å². The fraction of sp³-hybridized carbons (Fsp3) is 0.320. The summed E-state index contributed by atoms with van der Waals surface area (Å²) >= 11 is 0. The third kappa shape index (κ3) is 3.29. The molecule has 1 saturated carbocycles. The molecule has 0 spiro atoms. The second-order valence-corrected chi connectivity index (χ2v) is 9.10. The highest BCUT2D eigenvalue weighted by atomic mass is 16.3. The van der Waals surface area contributed by atoms with E-state index in [2.05, 4.69) is 57.2 Å². The molecule has 0 bridgehead atoms. The first-order valence-electron chi connectivity index (χ1n) is 11.2. The van der Waals surface area contributed by atoms with Gasteiger partial charge >= 0.3 is 0 Å². The number of rotatable bonds is 4. The fourth-order valence-electron chi connectivity index (χ4n) is 5.26. The van der Waals surface area contributed by atoms with Crippen LogP contribution in [0.5, 0.6) is 0 Å². The van der Waals surface area contributed by atoms with Crippen molar-refractivity contribution in [3.8, 4) is 11.3 Å². The second kappa shape index (κ2) is 7.31. The van der Waals surface area contributed by atoms with Crippen molar-refractivity contribution in [3.63, 3.8) is 0 Å². The lowest BCUT2D eigenvalue weighted by Gasteiger charge is -2.37. The molecule has 0 aliphatic heterocycles. The summed E-state index contributed by atoms with van der Waals surface area (Å²) in [5.41, 5.74) is 3.41. The van der Waals surface area contributed by atoms with E-state index < -0.39 is 5.60 Å². The van der Waals surface area contributed by atoms with Crippen LogP contribution >= 0.6 is 0 Å². The van der Waals surface area contributed by atoms with Crippen molar-refractivity contribution in [2.75, 3.05) is 0 Å². The van der Waals surface area contributed by atoms with Crippen LogP contribution in [0.1, 0.15) is 31.7 Å². The van der Waals surface area contributed by atoms with E-state index >= 15 is 0 Å². The number of aromatic nitrogens is 6. The topological polar surface area (TPSA) is 73.7 Å². The Morgan fingerprint density at radius 2 is 2.06 bits per heavy atom. The summed E-state index contributed by atoms with van der Waals surface area (Å²) in [5.74, 6) is 0. The van der Waals surface area contributed by atoms with E-state index in [4.69, 9.17) is 5.10 Å². The van der Waals surface area contributed by atoms with Gasteiger partial charge in [-0.1, -0.05) is 24.3 Å². The molecule has 6 rings (SSSR count). The van der Waals surface area contributed by atoms with Gasteiger partial charge in [0.25, 0.3) is 0 Å². The van der Waals surface area contributed by atoms with Gasteiger partial charge in [0.2, 0.25) is 0 Å². The molecule has 0 unspecified atom stereocenters. The summed E-state index contributed by atoms with van der Waals surface area (Å²) in [7, 11) is 1.94. The molecule has 2 atom stereocenters. The Hall–Kier alpha value is -3.45. The normalized spacial score (nSPS) is 21.5. The van der Waals surface area contributed by atoms with Crippen LogP contribution in [-0.2, 0) is 13.6 Å². The standard InChI is InChI=1S/C25H26N6O/c1-29-15-19-13-18(8-9-22(19)27-29)24-21-6-2-3-7-23(21)31(28-24)20-5-4-10-25(32,14-20)16-30-12-11-26-17-30/h2-3,6-9,11-13,15,17,20,32H,4-5,10,14,16H2,1H3/t20-,25-/m0/s1. The predicted molar refractivity (Wildman–Crippen MR) is 124 cm³/mol. The van der Waals surface area contributed by atoms with Gasteiger partial charge in [0, 0.05) is 48.4 Å². The summed E-state index contributed by atoms with van der Waals surface area (Å²) in [6.07, 6.45) is 10.9. The zero-order chi connectivity index (χ0) is 21.7. The van der Waals surface area contributed by atoms with E-state index in [-0.39, 0.29) is 6.04 Å². The van der Waals surface area contributed by atoms with Gasteiger partial charge in [-0.05, 0) is 37.5 Å². The van der Waals surface area contributed by atoms with Gasteiger partial charge in [-0.2, -0.15) is 10.2 Å². The molecule has 7 heteroatoms. The zero-order valence-electron chi connectivity index (χ0n) is 18.1. The Balaban J connectivity index is 1.40. The van der Waals surface area contributed by atoms with E-state index in [0.717, 1.165) is 52.3 Å². The van der Waals surface area contributed by atoms with Crippen LogP contribution in [0.4, 0.5) is 0 Å². The van der Waals surface area contributed by atoms with Gasteiger partial charge in [-0.3, -0.25) is 9.36 Å². The monoisotopic (exact) mass is 426 g/mol. The van der Waals surface area contributed by atoms with Crippen LogP contribution in [0, 0.1) is 0 Å². The van der Waals surface area contributed by atoms with Gasteiger partial charge in [0.05, 0.1) is 35.5 Å². The van der Waals surface area contributed by atoms with Crippen LogP contribution in [0.3, 0.4) is 0 Å². The lowest BCUT2D eigenvalue weighted by atomic mass is 9.81. The summed E-state index contributed by atoms with van der Waals surface area (Å²) in [6, 6.07) is 14.9. The molecule has 5 aromatic rings. The molecular formula is C25H26N6O. The summed E-state index contributed by atoms with van der Waals surface area (Å²) in [4.78, 5) is 4.13. The smallest absolute Gasteiger partial charge is 0.100 e. The van der Waals surface area contributed by atoms with E-state index in [9.17, 15) is 5.11 Å². The molecule has 2 aromatic carbocycles. The molecule has 7 nitrogen and oxygen atoms in total. The quantitative estimate of drug-likeness (QED) is 0.464. The Kier molecular flexibility index (Phi) is 4.40. The third-order valence-electron chi connectivity index (χ3n) is 6.68. The van der Waals surface area contributed by atoms with Crippen LogP contribution in [0.15, 0.2) is 67.4 Å². The molecule has 0 radical (unpaired) electrons. The van der Waals surface area contributed by atoms with Crippen LogP contribution in [0.2, 0.25) is 0 Å². The molecular weight excluding hydrogens is 400 g/mol. The van der Waals surface area contributed by atoms with Gasteiger partial charge in [0.15, 0.2) is 0 Å². The van der Waals surface area contributed by atoms with Crippen molar-refractivity contribution in [1.82, 2.24) is 29.1 Å². The van der Waals surface area contributed by atoms with E-state index in [1.807, 2.05) is 28.7 Å². The molecule has 3 aromatic heterocycles. The number of hydrogen-bond donors (Lipinski definition) is 1. The fourth-order valence-corrected chi connectivity index (χ4v) is 5.26. The number of aliphatic hydroxyl groups is 1. The molecule has 32 heavy (non-hydrogen) atoms. The Morgan fingerprint density at radius 1 is 1.16 bits per heavy atom. The number of para-hydroxylation sites is 1. The summed E-state index contributed by atoms with van der Waals surface area (Å²) in [5, 5.41) is 23.2. The van der Waals surface area contributed by atoms with Gasteiger partial charge in [0.1, 0.15) is 5.69 Å². The van der Waals surface area contributed by atoms with Crippen LogP contribution in [-0.4, -0.2) is 39.8 Å². The van der Waals surface area contributed by atoms with Crippen molar-refractivity contribution in [3.05, 3.63) is 67.4 Å². The predicted octanol–water partition coefficient (Wildman–Crippen LogP) is 4.33. The number of aryl methyl sites for hydroxylation is 1. The number of nitrogens with zero attached hydrogens (tertiary/aromatic N) is 6. The second-order valence-electron chi connectivity index (χ2n) is 9.10. The minimum Gasteiger partial charge on any atom is -0.388 e. The molecule has 1 aliphatic rings. The minimum atomic E-state index is -0.758. The maximum absolute atomic E-state index is 11.4. The average Bonchev–Trinajstić information content (AvgIpc) is 3.50. The zero-order valence-corrected chi connectivity index (χ0v) is 18.1. The van der Waals surface area contributed by atoms with Gasteiger partial charge in [-0.25, -0.2) is 4.98 Å². The summed E-state index contributed by atoms with van der Waals surface area (Å²) < 4.78 is 5.96. The highest BCUT2D eigenvalue weighted by Gasteiger charge is 2.36. The maximum atomic E-state index is 11.4. The third-order valence-corrected chi connectivity index (χ3v) is 6.68. The van der Waals surface area contributed by atoms with Gasteiger partial charge < -0.3 is 9.67 Å². The number of imidazole rings is 1. The molecule has 1 aliphatic carbocycles. The van der Waals surface area contributed by atoms with Crippen molar-refractivity contribution >= 4 is 21.8 Å². The SMILES string of the molecule is Cn1cc2cc(-c3nn([C@H]4CCC[C@@](O)(Cn5ccnc5)C4)c4ccccc34)ccc2n1. The van der Waals surface area contributed by atoms with E-state index in [0.29, 0.717) is 13.0 Å². The maximum Gasteiger partial charge on any atom is 0.100 e. The van der Waals surface area contributed by atoms with Crippen LogP contribution in [0.25, 0.3) is 33.1 Å². The molecule has 1 fully saturated rings. The molecule has 0 amide bonds. The first-order chi connectivity index (χ1) is 15.6. The van der Waals surface area contributed by atoms with Crippen molar-refractivity contribution in [2.24, 2.45) is 7.05 Å². The van der Waals surface area contributed by atoms with E-state index in [1.165, 1.54) is 0 Å². The van der Waals surface area contributed by atoms with E-state index in [1.54, 1.807) is 12.5 Å². The van der Waals surface area contributed by atoms with Crippen molar-refractivity contribution < 1.29 is 5.11 Å². The van der Waals surface area contributed by atoms with Crippen molar-refractivity contribution in [1.29, 1.82) is 0 Å². The lowest BCUT2D eigenvalue weighted by Crippen LogP contribution is -2.40. The highest BCUT2D eigenvalue weighted by Crippen LogP contribution is 2.39. The molecule has 3 heterocycles.